The molecule has 0 amide bonds. The minimum Gasteiger partial charge on any atom is -0.755 e. The second-order valence-electron chi connectivity index (χ2n) is 1.65. The van der Waals surface area contributed by atoms with E-state index in [0.29, 0.717) is 0 Å². The van der Waals surface area contributed by atoms with Crippen LogP contribution in [0.5, 0.6) is 0 Å². The van der Waals surface area contributed by atoms with Crippen LogP contribution in [0, 0.1) is 0 Å². The van der Waals surface area contributed by atoms with E-state index >= 15 is 0 Å². The number of phosphoric acid groups is 3. The molecule has 3 unspecified atom stereocenters. The molecule has 0 aliphatic rings. The van der Waals surface area contributed by atoms with Crippen LogP contribution in [-0.2, 0) is 27.7 Å². The van der Waals surface area contributed by atoms with E-state index in [-0.39, 0.29) is 17.4 Å². The summed E-state index contributed by atoms with van der Waals surface area (Å²) in [5, 5.41) is 21.2. The van der Waals surface area contributed by atoms with Crippen molar-refractivity contribution in [1.29, 1.82) is 0 Å². The van der Waals surface area contributed by atoms with Gasteiger partial charge in [0.05, 0.1) is 0 Å². The molecule has 0 fully saturated rings. The summed E-state index contributed by atoms with van der Waals surface area (Å²) in [5.74, 6) is 0. The Kier molecular flexibility index (Phi) is 18.4. The molecule has 0 aromatic carbocycles. The molecule has 0 saturated carbocycles. The van der Waals surface area contributed by atoms with Crippen LogP contribution >= 0.6 is 23.5 Å². The average molecular weight is 366 g/mol. The minimum atomic E-state index is -4.84. The molecule has 0 radical (unpaired) electrons. The largest absolute Gasteiger partial charge is 3.00 e. The Balaban J connectivity index is -0.0000000865. The first kappa shape index (κ1) is 28.0. The Bertz CT molecular complexity index is 262. The molecule has 0 bridgehead atoms. The molecule has 0 spiro atoms. The predicted octanol–water partition coefficient (Wildman–Crippen LogP) is -3.57. The van der Waals surface area contributed by atoms with Gasteiger partial charge in [-0.3, -0.25) is 13.7 Å². The fraction of sp³-hybridized carbons (Fsp3) is 0. The monoisotopic (exact) mass is 366 g/mol. The third kappa shape index (κ3) is 55.4. The van der Waals surface area contributed by atoms with Crippen molar-refractivity contribution in [3.63, 3.8) is 0 Å². The maximum absolute atomic E-state index is 9.11. The van der Waals surface area contributed by atoms with Gasteiger partial charge in [-0.05, 0) is 0 Å². The van der Waals surface area contributed by atoms with Gasteiger partial charge in [-0.15, -0.1) is 0 Å². The molecule has 0 aromatic rings. The molecule has 0 saturated heterocycles. The van der Waals surface area contributed by atoms with E-state index in [1.54, 1.807) is 0 Å². The summed E-state index contributed by atoms with van der Waals surface area (Å²) in [6.07, 6.45) is 0. The smallest absolute Gasteiger partial charge is 0.755 e. The number of rotatable bonds is 3. The molecule has 0 rings (SSSR count). The van der Waals surface area contributed by atoms with E-state index in [1.807, 2.05) is 0 Å². The van der Waals surface area contributed by atoms with Crippen molar-refractivity contribution >= 4 is 40.8 Å². The van der Waals surface area contributed by atoms with Crippen LogP contribution in [0.2, 0.25) is 0 Å². The maximum Gasteiger partial charge on any atom is 3.00 e. The molecule has 0 aromatic heterocycles. The number of hydrogen-bond donors (Lipinski definition) is 6. The van der Waals surface area contributed by atoms with Gasteiger partial charge in [0.1, 0.15) is 0 Å². The molecule has 3 atom stereocenters. The summed E-state index contributed by atoms with van der Waals surface area (Å²) in [6, 6.07) is 0. The van der Waals surface area contributed by atoms with Gasteiger partial charge in [0.15, 0.2) is 0 Å². The predicted molar refractivity (Wildman–Crippen MR) is 46.4 cm³/mol. The van der Waals surface area contributed by atoms with Crippen molar-refractivity contribution < 1.29 is 72.9 Å². The van der Waals surface area contributed by atoms with E-state index in [0.717, 1.165) is 0 Å². The summed E-state index contributed by atoms with van der Waals surface area (Å²) >= 11 is 0. The SMILES string of the molecule is O=P([O-])(O)OO.O=P([O-])(O)OO.O=P([O-])(O)OO.[Al+3]. The van der Waals surface area contributed by atoms with E-state index in [1.165, 1.54) is 0 Å². The first-order valence-corrected chi connectivity index (χ1v) is 7.28. The minimum absolute atomic E-state index is 0. The first-order valence-electron chi connectivity index (χ1n) is 2.79. The standard InChI is InChI=1S/Al.3H3O5P/c;3*1-5-6(2,3)4/h;3*1H,(H2,2,3,4)/q+3;;;/p-3. The summed E-state index contributed by atoms with van der Waals surface area (Å²) in [4.78, 5) is 49.4. The molecule has 0 heterocycles. The molecular formula is H6AlO15P3. The summed E-state index contributed by atoms with van der Waals surface area (Å²) in [7, 11) is -14.5. The summed E-state index contributed by atoms with van der Waals surface area (Å²) < 4.78 is 34.8. The molecule has 15 nitrogen and oxygen atoms in total. The Morgan fingerprint density at radius 1 is 0.632 bits per heavy atom. The van der Waals surface area contributed by atoms with Gasteiger partial charge in [0.25, 0.3) is 23.5 Å². The van der Waals surface area contributed by atoms with Crippen LogP contribution in [0.25, 0.3) is 0 Å². The van der Waals surface area contributed by atoms with Crippen molar-refractivity contribution in [1.82, 2.24) is 0 Å². The Morgan fingerprint density at radius 2 is 0.684 bits per heavy atom. The maximum atomic E-state index is 9.11. The van der Waals surface area contributed by atoms with E-state index in [4.69, 9.17) is 58.8 Å². The molecule has 0 aliphatic heterocycles. The molecular weight excluding hydrogens is 360 g/mol. The van der Waals surface area contributed by atoms with E-state index < -0.39 is 23.5 Å². The van der Waals surface area contributed by atoms with Crippen molar-refractivity contribution in [2.24, 2.45) is 0 Å². The molecule has 19 heavy (non-hydrogen) atoms. The van der Waals surface area contributed by atoms with Crippen molar-refractivity contribution in [2.75, 3.05) is 0 Å². The quantitative estimate of drug-likeness (QED) is 0.122. The van der Waals surface area contributed by atoms with Gasteiger partial charge in [-0.2, -0.15) is 14.0 Å². The van der Waals surface area contributed by atoms with Crippen LogP contribution in [-0.4, -0.2) is 47.8 Å². The van der Waals surface area contributed by atoms with E-state index in [9.17, 15) is 0 Å². The van der Waals surface area contributed by atoms with Gasteiger partial charge in [0.2, 0.25) is 0 Å². The van der Waals surface area contributed by atoms with E-state index in [2.05, 4.69) is 14.0 Å². The van der Waals surface area contributed by atoms with Crippen LogP contribution in [0.1, 0.15) is 0 Å². The zero-order valence-corrected chi connectivity index (χ0v) is 12.1. The number of hydrogen-bond acceptors (Lipinski definition) is 12. The first-order chi connectivity index (χ1) is 7.68. The Hall–Kier alpha value is 0.742. The van der Waals surface area contributed by atoms with Crippen molar-refractivity contribution in [2.45, 2.75) is 0 Å². The third-order valence-corrected chi connectivity index (χ3v) is 0.929. The normalized spacial score (nSPS) is 18.8. The van der Waals surface area contributed by atoms with Crippen LogP contribution in [0.4, 0.5) is 0 Å². The van der Waals surface area contributed by atoms with Crippen molar-refractivity contribution in [3.8, 4) is 0 Å². The average Bonchev–Trinajstić information content (AvgIpc) is 2.16. The van der Waals surface area contributed by atoms with Gasteiger partial charge in [-0.1, -0.05) is 0 Å². The fourth-order valence-corrected chi connectivity index (χ4v) is 0. The van der Waals surface area contributed by atoms with Gasteiger partial charge in [-0.25, -0.2) is 15.8 Å². The Morgan fingerprint density at radius 3 is 0.684 bits per heavy atom. The summed E-state index contributed by atoms with van der Waals surface area (Å²) in [6.45, 7) is 0. The van der Waals surface area contributed by atoms with Crippen molar-refractivity contribution in [3.05, 3.63) is 0 Å². The second kappa shape index (κ2) is 12.5. The second-order valence-corrected chi connectivity index (χ2v) is 4.95. The molecule has 114 valence electrons. The third-order valence-electron chi connectivity index (χ3n) is 0.310. The zero-order valence-electron chi connectivity index (χ0n) is 8.28. The van der Waals surface area contributed by atoms with Gasteiger partial charge < -0.3 is 29.4 Å². The zero-order chi connectivity index (χ0) is 15.6. The fourth-order valence-electron chi connectivity index (χ4n) is 0. The molecule has 0 aliphatic carbocycles. The van der Waals surface area contributed by atoms with Gasteiger partial charge >= 0.3 is 17.4 Å². The molecule has 6 N–H and O–H groups in total. The van der Waals surface area contributed by atoms with Crippen LogP contribution < -0.4 is 14.7 Å². The van der Waals surface area contributed by atoms with Gasteiger partial charge in [0, 0.05) is 0 Å². The Labute approximate surface area is 114 Å². The summed E-state index contributed by atoms with van der Waals surface area (Å²) in [5.41, 5.74) is 0. The topological polar surface area (TPSA) is 269 Å². The van der Waals surface area contributed by atoms with Crippen LogP contribution in [0.3, 0.4) is 0 Å². The van der Waals surface area contributed by atoms with Crippen LogP contribution in [0.15, 0.2) is 0 Å². The molecule has 19 heteroatoms.